The Bertz CT molecular complexity index is 1170. The van der Waals surface area contributed by atoms with Crippen molar-refractivity contribution in [1.82, 2.24) is 30.1 Å². The lowest BCUT2D eigenvalue weighted by Crippen LogP contribution is -2.63. The number of hydrogen-bond acceptors (Lipinski definition) is 8. The highest BCUT2D eigenvalue weighted by Gasteiger charge is 2.41. The monoisotopic (exact) mass is 538 g/mol. The Morgan fingerprint density at radius 1 is 1.10 bits per heavy atom. The number of ether oxygens (including phenoxy) is 3. The van der Waals surface area contributed by atoms with Gasteiger partial charge in [-0.2, -0.15) is 0 Å². The molecule has 11 nitrogen and oxygen atoms in total. The summed E-state index contributed by atoms with van der Waals surface area (Å²) >= 11 is 0. The smallest absolute Gasteiger partial charge is 0.258 e. The van der Waals surface area contributed by atoms with Crippen LogP contribution < -0.4 is 10.1 Å². The van der Waals surface area contributed by atoms with Gasteiger partial charge in [-0.25, -0.2) is 4.68 Å². The molecule has 2 saturated heterocycles. The maximum Gasteiger partial charge on any atom is 0.258 e. The second kappa shape index (κ2) is 11.6. The second-order valence-electron chi connectivity index (χ2n) is 11.0. The van der Waals surface area contributed by atoms with Crippen LogP contribution in [0.4, 0.5) is 0 Å². The van der Waals surface area contributed by atoms with E-state index in [0.717, 1.165) is 37.9 Å². The molecule has 4 aliphatic rings. The third-order valence-corrected chi connectivity index (χ3v) is 8.63. The number of amides is 2. The summed E-state index contributed by atoms with van der Waals surface area (Å²) in [7, 11) is 1.63. The third kappa shape index (κ3) is 5.53. The number of fused-ring (bicyclic) bond motifs is 4. The first-order chi connectivity index (χ1) is 19.1. The molecular weight excluding hydrogens is 500 g/mol. The van der Waals surface area contributed by atoms with Crippen LogP contribution in [0.15, 0.2) is 30.5 Å². The van der Waals surface area contributed by atoms with Crippen molar-refractivity contribution in [2.24, 2.45) is 0 Å². The topological polar surface area (TPSA) is 111 Å². The summed E-state index contributed by atoms with van der Waals surface area (Å²) in [5.41, 5.74) is 1.26. The summed E-state index contributed by atoms with van der Waals surface area (Å²) in [5, 5.41) is 11.7. The van der Waals surface area contributed by atoms with Gasteiger partial charge in [0.25, 0.3) is 5.91 Å². The molecule has 0 unspecified atom stereocenters. The van der Waals surface area contributed by atoms with E-state index in [2.05, 4.69) is 20.5 Å². The molecule has 1 aromatic carbocycles. The van der Waals surface area contributed by atoms with Crippen LogP contribution in [0.2, 0.25) is 0 Å². The Kier molecular flexibility index (Phi) is 7.80. The normalized spacial score (nSPS) is 28.9. The van der Waals surface area contributed by atoms with E-state index in [4.69, 9.17) is 14.2 Å². The van der Waals surface area contributed by atoms with E-state index < -0.39 is 6.04 Å². The molecule has 3 aliphatic heterocycles. The number of nitrogens with zero attached hydrogens (tertiary/aromatic N) is 5. The summed E-state index contributed by atoms with van der Waals surface area (Å²) in [4.78, 5) is 31.7. The van der Waals surface area contributed by atoms with Crippen molar-refractivity contribution in [2.75, 3.05) is 39.9 Å². The van der Waals surface area contributed by atoms with Gasteiger partial charge in [-0.05, 0) is 37.8 Å². The highest BCUT2D eigenvalue weighted by atomic mass is 16.5. The van der Waals surface area contributed by atoms with E-state index in [-0.39, 0.29) is 30.1 Å². The minimum Gasteiger partial charge on any atom is -0.493 e. The highest BCUT2D eigenvalue weighted by Crippen LogP contribution is 2.32. The Hall–Kier alpha value is -3.02. The minimum atomic E-state index is -0.583. The molecule has 4 atom stereocenters. The van der Waals surface area contributed by atoms with Crippen molar-refractivity contribution in [1.29, 1.82) is 0 Å². The fraction of sp³-hybridized carbons (Fsp3) is 0.643. The lowest BCUT2D eigenvalue weighted by molar-refractivity contribution is -0.131. The molecule has 2 amide bonds. The number of rotatable bonds is 4. The molecule has 3 fully saturated rings. The second-order valence-corrected chi connectivity index (χ2v) is 11.0. The molecule has 6 rings (SSSR count). The number of methoxy groups -OCH3 is 1. The zero-order valence-corrected chi connectivity index (χ0v) is 22.5. The van der Waals surface area contributed by atoms with E-state index in [1.807, 2.05) is 29.1 Å². The van der Waals surface area contributed by atoms with Gasteiger partial charge in [0.05, 0.1) is 43.2 Å². The Morgan fingerprint density at radius 3 is 2.79 bits per heavy atom. The summed E-state index contributed by atoms with van der Waals surface area (Å²) < 4.78 is 19.7. The SMILES string of the molecule is COCc1cn([C@@H]2CC[C@H]3CCOc4ccccc4C(=O)N4CCN(C5CCC5)C[C@H]4C(=O)NC[C@H]2O3)nn1. The molecule has 2 aromatic rings. The van der Waals surface area contributed by atoms with Gasteiger partial charge in [-0.15, -0.1) is 5.10 Å². The van der Waals surface area contributed by atoms with Crippen LogP contribution in [-0.4, -0.2) is 101 Å². The highest BCUT2D eigenvalue weighted by molar-refractivity contribution is 6.00. The number of aromatic nitrogens is 3. The van der Waals surface area contributed by atoms with Gasteiger partial charge in [-0.3, -0.25) is 14.5 Å². The van der Waals surface area contributed by atoms with Crippen molar-refractivity contribution in [3.63, 3.8) is 0 Å². The average molecular weight is 539 g/mol. The molecule has 1 N–H and O–H groups in total. The number of carbonyl (C=O) groups is 2. The van der Waals surface area contributed by atoms with E-state index in [9.17, 15) is 9.59 Å². The van der Waals surface area contributed by atoms with Crippen LogP contribution in [0.5, 0.6) is 5.75 Å². The molecule has 0 spiro atoms. The van der Waals surface area contributed by atoms with Crippen molar-refractivity contribution in [2.45, 2.75) is 75.5 Å². The van der Waals surface area contributed by atoms with Gasteiger partial charge in [-0.1, -0.05) is 23.8 Å². The van der Waals surface area contributed by atoms with Crippen LogP contribution >= 0.6 is 0 Å². The van der Waals surface area contributed by atoms with Gasteiger partial charge < -0.3 is 24.4 Å². The molecule has 1 saturated carbocycles. The lowest BCUT2D eigenvalue weighted by Gasteiger charge is -2.46. The van der Waals surface area contributed by atoms with Crippen LogP contribution in [0.3, 0.4) is 0 Å². The van der Waals surface area contributed by atoms with Gasteiger partial charge in [0.2, 0.25) is 5.91 Å². The molecule has 39 heavy (non-hydrogen) atoms. The fourth-order valence-electron chi connectivity index (χ4n) is 6.24. The molecule has 210 valence electrons. The first kappa shape index (κ1) is 26.2. The van der Waals surface area contributed by atoms with Gasteiger partial charge in [0.15, 0.2) is 0 Å². The molecule has 2 bridgehead atoms. The molecule has 4 heterocycles. The summed E-state index contributed by atoms with van der Waals surface area (Å²) in [5.74, 6) is 0.253. The summed E-state index contributed by atoms with van der Waals surface area (Å²) in [6.45, 7) is 2.98. The van der Waals surface area contributed by atoms with Crippen LogP contribution in [0.1, 0.15) is 60.6 Å². The number of benzene rings is 1. The lowest BCUT2D eigenvalue weighted by atomic mass is 9.90. The predicted octanol–water partition coefficient (Wildman–Crippen LogP) is 1.79. The minimum absolute atomic E-state index is 0.0174. The molecule has 1 aliphatic carbocycles. The predicted molar refractivity (Wildman–Crippen MR) is 141 cm³/mol. The van der Waals surface area contributed by atoms with Gasteiger partial charge in [0.1, 0.15) is 17.5 Å². The standard InChI is InChI=1S/C28H38N6O5/c1-37-18-19-16-34(31-30-19)23-10-9-21-11-14-38-25-8-3-2-7-22(25)28(36)33-13-12-32(20-5-4-6-20)17-24(33)27(35)29-15-26(23)39-21/h2-3,7-8,16,20-21,23-24,26H,4-6,9-15,17-18H2,1H3,(H,29,35)/t21-,23+,24-,26+/m0/s1. The van der Waals surface area contributed by atoms with E-state index in [0.29, 0.717) is 56.6 Å². The largest absolute Gasteiger partial charge is 0.493 e. The number of nitrogens with one attached hydrogen (secondary N) is 1. The maximum atomic E-state index is 13.8. The van der Waals surface area contributed by atoms with Crippen LogP contribution in [0.25, 0.3) is 0 Å². The zero-order valence-electron chi connectivity index (χ0n) is 22.5. The number of para-hydroxylation sites is 1. The Labute approximate surface area is 228 Å². The van der Waals surface area contributed by atoms with E-state index in [1.54, 1.807) is 18.1 Å². The number of piperazine rings is 1. The molecular formula is C28H38N6O5. The Morgan fingerprint density at radius 2 is 1.97 bits per heavy atom. The van der Waals surface area contributed by atoms with Crippen molar-refractivity contribution in [3.8, 4) is 5.75 Å². The molecule has 0 radical (unpaired) electrons. The quantitative estimate of drug-likeness (QED) is 0.628. The van der Waals surface area contributed by atoms with Gasteiger partial charge >= 0.3 is 0 Å². The first-order valence-electron chi connectivity index (χ1n) is 14.2. The fourth-order valence-corrected chi connectivity index (χ4v) is 6.24. The van der Waals surface area contributed by atoms with Crippen molar-refractivity contribution in [3.05, 3.63) is 41.7 Å². The molecule has 1 aromatic heterocycles. The van der Waals surface area contributed by atoms with Crippen LogP contribution in [-0.2, 0) is 20.9 Å². The zero-order chi connectivity index (χ0) is 26.8. The Balaban J connectivity index is 1.27. The average Bonchev–Trinajstić information content (AvgIpc) is 3.39. The van der Waals surface area contributed by atoms with Crippen molar-refractivity contribution < 1.29 is 23.8 Å². The van der Waals surface area contributed by atoms with Crippen LogP contribution in [0, 0.1) is 0 Å². The van der Waals surface area contributed by atoms with Crippen molar-refractivity contribution >= 4 is 11.8 Å². The third-order valence-electron chi connectivity index (χ3n) is 8.63. The number of hydrogen-bond donors (Lipinski definition) is 1. The first-order valence-corrected chi connectivity index (χ1v) is 14.2. The summed E-state index contributed by atoms with van der Waals surface area (Å²) in [6.07, 6.45) is 7.50. The maximum absolute atomic E-state index is 13.8. The van der Waals surface area contributed by atoms with E-state index in [1.165, 1.54) is 6.42 Å². The van der Waals surface area contributed by atoms with Gasteiger partial charge in [0, 0.05) is 45.8 Å². The number of carbonyl (C=O) groups excluding carboxylic acids is 2. The van der Waals surface area contributed by atoms with E-state index >= 15 is 0 Å². The molecule has 11 heteroatoms. The summed E-state index contributed by atoms with van der Waals surface area (Å²) in [6, 6.07) is 7.21.